The fourth-order valence-electron chi connectivity index (χ4n) is 3.46. The van der Waals surface area contributed by atoms with Gasteiger partial charge in [0.1, 0.15) is 5.75 Å². The van der Waals surface area contributed by atoms with Gasteiger partial charge in [0, 0.05) is 11.5 Å². The van der Waals surface area contributed by atoms with E-state index in [9.17, 15) is 5.11 Å². The number of nitrogens with zero attached hydrogens (tertiary/aromatic N) is 1. The molecule has 1 aliphatic rings. The molecule has 2 heteroatoms. The highest BCUT2D eigenvalue weighted by atomic mass is 16.3. The highest BCUT2D eigenvalue weighted by Gasteiger charge is 2.19. The van der Waals surface area contributed by atoms with Gasteiger partial charge in [-0.3, -0.25) is 0 Å². The van der Waals surface area contributed by atoms with Gasteiger partial charge in [-0.25, -0.2) is 0 Å². The zero-order valence-electron chi connectivity index (χ0n) is 13.1. The van der Waals surface area contributed by atoms with E-state index in [0.29, 0.717) is 5.75 Å². The molecule has 3 rings (SSSR count). The van der Waals surface area contributed by atoms with E-state index in [1.54, 1.807) is 6.07 Å². The Labute approximate surface area is 133 Å². The second kappa shape index (κ2) is 7.46. The van der Waals surface area contributed by atoms with Gasteiger partial charge in [0.05, 0.1) is 0 Å². The van der Waals surface area contributed by atoms with Crippen molar-refractivity contribution >= 4 is 0 Å². The summed E-state index contributed by atoms with van der Waals surface area (Å²) in [5.74, 6) is 0.680. The molecule has 1 atom stereocenters. The van der Waals surface area contributed by atoms with E-state index >= 15 is 0 Å². The van der Waals surface area contributed by atoms with Crippen LogP contribution in [0.2, 0.25) is 0 Å². The molecular formula is C20H25NO. The Morgan fingerprint density at radius 1 is 0.864 bits per heavy atom. The molecule has 1 unspecified atom stereocenters. The summed E-state index contributed by atoms with van der Waals surface area (Å²) in [7, 11) is 0. The molecule has 0 bridgehead atoms. The minimum Gasteiger partial charge on any atom is -0.508 e. The number of phenolic OH excluding ortho intramolecular Hbond substituents is 1. The minimum absolute atomic E-state index is 0.268. The van der Waals surface area contributed by atoms with Gasteiger partial charge in [-0.05, 0) is 50.5 Å². The van der Waals surface area contributed by atoms with Crippen molar-refractivity contribution in [2.75, 3.05) is 19.6 Å². The lowest BCUT2D eigenvalue weighted by Gasteiger charge is -2.28. The van der Waals surface area contributed by atoms with Crippen molar-refractivity contribution in [2.24, 2.45) is 0 Å². The summed E-state index contributed by atoms with van der Waals surface area (Å²) in [6.07, 6.45) is 5.08. The van der Waals surface area contributed by atoms with E-state index < -0.39 is 0 Å². The zero-order valence-corrected chi connectivity index (χ0v) is 13.1. The van der Waals surface area contributed by atoms with Crippen molar-refractivity contribution in [3.8, 4) is 5.75 Å². The predicted octanol–water partition coefficient (Wildman–Crippen LogP) is 4.40. The van der Waals surface area contributed by atoms with Gasteiger partial charge < -0.3 is 10.0 Å². The molecule has 2 nitrogen and oxygen atoms in total. The number of para-hydroxylation sites is 1. The lowest BCUT2D eigenvalue weighted by molar-refractivity contribution is 0.223. The maximum atomic E-state index is 10.3. The molecule has 0 radical (unpaired) electrons. The van der Waals surface area contributed by atoms with Crippen molar-refractivity contribution in [1.29, 1.82) is 0 Å². The van der Waals surface area contributed by atoms with Gasteiger partial charge in [-0.2, -0.15) is 0 Å². The summed E-state index contributed by atoms with van der Waals surface area (Å²) in [4.78, 5) is 2.57. The van der Waals surface area contributed by atoms with Crippen LogP contribution in [0.15, 0.2) is 54.6 Å². The third-order valence-electron chi connectivity index (χ3n) is 4.70. The van der Waals surface area contributed by atoms with Crippen LogP contribution in [0.25, 0.3) is 0 Å². The van der Waals surface area contributed by atoms with Crippen molar-refractivity contribution in [3.63, 3.8) is 0 Å². The number of hydrogen-bond donors (Lipinski definition) is 1. The van der Waals surface area contributed by atoms with Crippen LogP contribution in [0.5, 0.6) is 5.75 Å². The first-order valence-corrected chi connectivity index (χ1v) is 8.40. The number of piperidine rings is 1. The largest absolute Gasteiger partial charge is 0.508 e. The van der Waals surface area contributed by atoms with E-state index in [1.165, 1.54) is 37.9 Å². The van der Waals surface area contributed by atoms with Crippen LogP contribution in [0, 0.1) is 0 Å². The number of rotatable bonds is 5. The number of benzene rings is 2. The number of aromatic hydroxyl groups is 1. The number of phenols is 1. The third-order valence-corrected chi connectivity index (χ3v) is 4.70. The van der Waals surface area contributed by atoms with Crippen molar-refractivity contribution in [2.45, 2.75) is 31.6 Å². The summed E-state index contributed by atoms with van der Waals surface area (Å²) in [6, 6.07) is 18.3. The van der Waals surface area contributed by atoms with Crippen molar-refractivity contribution in [1.82, 2.24) is 4.90 Å². The van der Waals surface area contributed by atoms with E-state index in [0.717, 1.165) is 18.5 Å². The highest BCUT2D eigenvalue weighted by Crippen LogP contribution is 2.33. The van der Waals surface area contributed by atoms with Crippen LogP contribution in [0.4, 0.5) is 0 Å². The zero-order chi connectivity index (χ0) is 15.2. The topological polar surface area (TPSA) is 23.5 Å². The van der Waals surface area contributed by atoms with E-state index in [2.05, 4.69) is 41.3 Å². The lowest BCUT2D eigenvalue weighted by atomic mass is 9.87. The van der Waals surface area contributed by atoms with Crippen molar-refractivity contribution in [3.05, 3.63) is 65.7 Å². The maximum absolute atomic E-state index is 10.3. The van der Waals surface area contributed by atoms with Crippen LogP contribution in [-0.4, -0.2) is 29.6 Å². The van der Waals surface area contributed by atoms with Crippen LogP contribution < -0.4 is 0 Å². The lowest BCUT2D eigenvalue weighted by Crippen LogP contribution is -2.31. The summed E-state index contributed by atoms with van der Waals surface area (Å²) >= 11 is 0. The normalized spacial score (nSPS) is 17.3. The molecule has 2 aromatic carbocycles. The molecule has 116 valence electrons. The molecule has 1 heterocycles. The molecule has 0 amide bonds. The predicted molar refractivity (Wildman–Crippen MR) is 91.3 cm³/mol. The van der Waals surface area contributed by atoms with E-state index in [-0.39, 0.29) is 5.92 Å². The molecule has 0 aliphatic carbocycles. The van der Waals surface area contributed by atoms with Crippen molar-refractivity contribution < 1.29 is 5.11 Å². The summed E-state index contributed by atoms with van der Waals surface area (Å²) in [6.45, 7) is 3.55. The second-order valence-corrected chi connectivity index (χ2v) is 6.21. The summed E-state index contributed by atoms with van der Waals surface area (Å²) < 4.78 is 0. The van der Waals surface area contributed by atoms with Crippen LogP contribution in [0.3, 0.4) is 0 Å². The Bertz CT molecular complexity index is 575. The van der Waals surface area contributed by atoms with Crippen LogP contribution in [-0.2, 0) is 0 Å². The SMILES string of the molecule is Oc1ccccc1C(CCN1CCCCC1)c1ccccc1. The average Bonchev–Trinajstić information content (AvgIpc) is 2.58. The Balaban J connectivity index is 1.79. The molecular weight excluding hydrogens is 270 g/mol. The Morgan fingerprint density at radius 2 is 1.55 bits per heavy atom. The smallest absolute Gasteiger partial charge is 0.119 e. The second-order valence-electron chi connectivity index (χ2n) is 6.21. The van der Waals surface area contributed by atoms with Crippen LogP contribution in [0.1, 0.15) is 42.7 Å². The van der Waals surface area contributed by atoms with Gasteiger partial charge in [-0.1, -0.05) is 55.0 Å². The monoisotopic (exact) mass is 295 g/mol. The Morgan fingerprint density at radius 3 is 2.27 bits per heavy atom. The molecule has 2 aromatic rings. The first kappa shape index (κ1) is 15.1. The summed E-state index contributed by atoms with van der Waals surface area (Å²) in [5.41, 5.74) is 2.34. The van der Waals surface area contributed by atoms with Gasteiger partial charge in [0.2, 0.25) is 0 Å². The van der Waals surface area contributed by atoms with Gasteiger partial charge >= 0.3 is 0 Å². The highest BCUT2D eigenvalue weighted by molar-refractivity contribution is 5.41. The Hall–Kier alpha value is -1.80. The van der Waals surface area contributed by atoms with Crippen LogP contribution >= 0.6 is 0 Å². The third kappa shape index (κ3) is 3.69. The van der Waals surface area contributed by atoms with E-state index in [4.69, 9.17) is 0 Å². The molecule has 1 N–H and O–H groups in total. The molecule has 0 saturated carbocycles. The summed E-state index contributed by atoms with van der Waals surface area (Å²) in [5, 5.41) is 10.3. The fraction of sp³-hybridized carbons (Fsp3) is 0.400. The molecule has 1 aliphatic heterocycles. The molecule has 1 saturated heterocycles. The van der Waals surface area contributed by atoms with Gasteiger partial charge in [-0.15, -0.1) is 0 Å². The molecule has 1 fully saturated rings. The molecule has 0 aromatic heterocycles. The fourth-order valence-corrected chi connectivity index (χ4v) is 3.46. The number of likely N-dealkylation sites (tertiary alicyclic amines) is 1. The average molecular weight is 295 g/mol. The first-order chi connectivity index (χ1) is 10.8. The number of hydrogen-bond acceptors (Lipinski definition) is 2. The molecule has 22 heavy (non-hydrogen) atoms. The van der Waals surface area contributed by atoms with Gasteiger partial charge in [0.25, 0.3) is 0 Å². The van der Waals surface area contributed by atoms with E-state index in [1.807, 2.05) is 12.1 Å². The molecule has 0 spiro atoms. The maximum Gasteiger partial charge on any atom is 0.119 e. The van der Waals surface area contributed by atoms with Gasteiger partial charge in [0.15, 0.2) is 0 Å². The standard InChI is InChI=1S/C20H25NO/c22-20-12-6-5-11-19(20)18(17-9-3-1-4-10-17)13-16-21-14-7-2-8-15-21/h1,3-6,9-12,18,22H,2,7-8,13-16H2. The minimum atomic E-state index is 0.268. The quantitative estimate of drug-likeness (QED) is 0.883. The first-order valence-electron chi connectivity index (χ1n) is 8.40. The Kier molecular flexibility index (Phi) is 5.12.